The zero-order valence-electron chi connectivity index (χ0n) is 9.18. The predicted octanol–water partition coefficient (Wildman–Crippen LogP) is 2.59. The molecule has 5 nitrogen and oxygen atoms in total. The number of hydrogen-bond donors (Lipinski definition) is 2. The summed E-state index contributed by atoms with van der Waals surface area (Å²) >= 11 is 0.776. The van der Waals surface area contributed by atoms with Crippen LogP contribution in [-0.2, 0) is 0 Å². The quantitative estimate of drug-likeness (QED) is 0.866. The van der Waals surface area contributed by atoms with Gasteiger partial charge in [-0.2, -0.15) is 4.37 Å². The van der Waals surface area contributed by atoms with E-state index >= 15 is 0 Å². The summed E-state index contributed by atoms with van der Waals surface area (Å²) in [5, 5.41) is 18.1. The SMILES string of the molecule is O=C(O)c1snc(C2CCCCC2)c1C(=O)O. The van der Waals surface area contributed by atoms with Gasteiger partial charge in [0.05, 0.1) is 5.69 Å². The second-order valence-corrected chi connectivity index (χ2v) is 4.99. The highest BCUT2D eigenvalue weighted by Crippen LogP contribution is 2.36. The third-order valence-electron chi connectivity index (χ3n) is 3.12. The summed E-state index contributed by atoms with van der Waals surface area (Å²) in [5.41, 5.74) is 0.369. The first-order valence-corrected chi connectivity index (χ1v) is 6.34. The second-order valence-electron chi connectivity index (χ2n) is 4.22. The van der Waals surface area contributed by atoms with Crippen molar-refractivity contribution in [3.05, 3.63) is 16.1 Å². The molecule has 1 fully saturated rings. The van der Waals surface area contributed by atoms with Crippen molar-refractivity contribution in [1.82, 2.24) is 4.37 Å². The van der Waals surface area contributed by atoms with Crippen LogP contribution in [-0.4, -0.2) is 26.5 Å². The molecule has 1 aromatic heterocycles. The molecule has 0 aliphatic heterocycles. The topological polar surface area (TPSA) is 87.5 Å². The highest BCUT2D eigenvalue weighted by Gasteiger charge is 2.29. The molecule has 0 aromatic carbocycles. The van der Waals surface area contributed by atoms with Crippen molar-refractivity contribution in [3.63, 3.8) is 0 Å². The van der Waals surface area contributed by atoms with Crippen LogP contribution < -0.4 is 0 Å². The standard InChI is InChI=1S/C11H13NO4S/c13-10(14)7-8(6-4-2-1-3-5-6)12-17-9(7)11(15)16/h6H,1-5H2,(H,13,14)(H,15,16). The minimum atomic E-state index is -1.21. The summed E-state index contributed by atoms with van der Waals surface area (Å²) in [7, 11) is 0. The highest BCUT2D eigenvalue weighted by atomic mass is 32.1. The Morgan fingerprint density at radius 2 is 1.76 bits per heavy atom. The third-order valence-corrected chi connectivity index (χ3v) is 3.97. The van der Waals surface area contributed by atoms with Gasteiger partial charge in [0, 0.05) is 5.92 Å². The summed E-state index contributed by atoms with van der Waals surface area (Å²) in [6.07, 6.45) is 5.09. The molecule has 6 heteroatoms. The number of carboxylic acids is 2. The zero-order chi connectivity index (χ0) is 12.4. The van der Waals surface area contributed by atoms with Crippen LogP contribution >= 0.6 is 11.5 Å². The van der Waals surface area contributed by atoms with Gasteiger partial charge in [0.25, 0.3) is 0 Å². The van der Waals surface area contributed by atoms with Crippen molar-refractivity contribution in [2.45, 2.75) is 38.0 Å². The van der Waals surface area contributed by atoms with Gasteiger partial charge in [-0.25, -0.2) is 9.59 Å². The Labute approximate surface area is 102 Å². The maximum atomic E-state index is 11.2. The Morgan fingerprint density at radius 1 is 1.12 bits per heavy atom. The molecule has 1 saturated carbocycles. The van der Waals surface area contributed by atoms with Crippen LogP contribution in [0.2, 0.25) is 0 Å². The van der Waals surface area contributed by atoms with Gasteiger partial charge in [0.1, 0.15) is 10.4 Å². The molecule has 2 N–H and O–H groups in total. The fourth-order valence-corrected chi connectivity index (χ4v) is 3.10. The lowest BCUT2D eigenvalue weighted by Crippen LogP contribution is -2.12. The average Bonchev–Trinajstić information content (AvgIpc) is 2.74. The van der Waals surface area contributed by atoms with Crippen LogP contribution in [0.25, 0.3) is 0 Å². The smallest absolute Gasteiger partial charge is 0.348 e. The number of aromatic nitrogens is 1. The Morgan fingerprint density at radius 3 is 2.29 bits per heavy atom. The first kappa shape index (κ1) is 12.0. The van der Waals surface area contributed by atoms with Crippen molar-refractivity contribution in [2.75, 3.05) is 0 Å². The van der Waals surface area contributed by atoms with Crippen LogP contribution in [0.5, 0.6) is 0 Å². The molecule has 1 aliphatic rings. The average molecular weight is 255 g/mol. The minimum absolute atomic E-state index is 0.102. The van der Waals surface area contributed by atoms with Crippen LogP contribution in [0, 0.1) is 0 Å². The van der Waals surface area contributed by atoms with E-state index in [4.69, 9.17) is 10.2 Å². The number of hydrogen-bond acceptors (Lipinski definition) is 4. The molecule has 0 unspecified atom stereocenters. The van der Waals surface area contributed by atoms with E-state index in [2.05, 4.69) is 4.37 Å². The van der Waals surface area contributed by atoms with Gasteiger partial charge in [0.2, 0.25) is 0 Å². The van der Waals surface area contributed by atoms with Gasteiger partial charge >= 0.3 is 11.9 Å². The first-order valence-electron chi connectivity index (χ1n) is 5.57. The van der Waals surface area contributed by atoms with Crippen molar-refractivity contribution < 1.29 is 19.8 Å². The zero-order valence-corrected chi connectivity index (χ0v) is 10.00. The van der Waals surface area contributed by atoms with E-state index in [0.717, 1.165) is 43.6 Å². The normalized spacial score (nSPS) is 16.9. The van der Waals surface area contributed by atoms with Gasteiger partial charge in [-0.1, -0.05) is 19.3 Å². The lowest BCUT2D eigenvalue weighted by Gasteiger charge is -2.20. The maximum absolute atomic E-state index is 11.2. The summed E-state index contributed by atoms with van der Waals surface area (Å²) in [4.78, 5) is 21.9. The second kappa shape index (κ2) is 4.83. The van der Waals surface area contributed by atoms with Crippen molar-refractivity contribution in [3.8, 4) is 0 Å². The maximum Gasteiger partial charge on any atom is 0.348 e. The summed E-state index contributed by atoms with van der Waals surface area (Å²) in [6.45, 7) is 0. The van der Waals surface area contributed by atoms with Gasteiger partial charge in [0.15, 0.2) is 0 Å². The Hall–Kier alpha value is -1.43. The number of rotatable bonds is 3. The molecule has 0 atom stereocenters. The minimum Gasteiger partial charge on any atom is -0.478 e. The van der Waals surface area contributed by atoms with Gasteiger partial charge < -0.3 is 10.2 Å². The monoisotopic (exact) mass is 255 g/mol. The van der Waals surface area contributed by atoms with Crippen molar-refractivity contribution in [2.24, 2.45) is 0 Å². The summed E-state index contributed by atoms with van der Waals surface area (Å²) < 4.78 is 4.06. The molecule has 2 rings (SSSR count). The highest BCUT2D eigenvalue weighted by molar-refractivity contribution is 7.08. The van der Waals surface area contributed by atoms with E-state index in [1.807, 2.05) is 0 Å². The van der Waals surface area contributed by atoms with E-state index in [9.17, 15) is 9.59 Å². The Balaban J connectivity index is 2.39. The van der Waals surface area contributed by atoms with Crippen molar-refractivity contribution in [1.29, 1.82) is 0 Å². The van der Waals surface area contributed by atoms with Crippen LogP contribution in [0.3, 0.4) is 0 Å². The van der Waals surface area contributed by atoms with E-state index in [1.54, 1.807) is 0 Å². The third kappa shape index (κ3) is 2.31. The van der Waals surface area contributed by atoms with Crippen LogP contribution in [0.15, 0.2) is 0 Å². The fraction of sp³-hybridized carbons (Fsp3) is 0.545. The molecular weight excluding hydrogens is 242 g/mol. The number of aromatic carboxylic acids is 2. The molecule has 1 aromatic rings. The summed E-state index contributed by atoms with van der Waals surface area (Å²) in [6, 6.07) is 0. The molecule has 0 amide bonds. The lowest BCUT2D eigenvalue weighted by molar-refractivity contribution is 0.0654. The molecule has 1 heterocycles. The fourth-order valence-electron chi connectivity index (χ4n) is 2.31. The molecule has 0 spiro atoms. The molecule has 0 saturated heterocycles. The van der Waals surface area contributed by atoms with Crippen molar-refractivity contribution >= 4 is 23.5 Å². The number of carbonyl (C=O) groups is 2. The van der Waals surface area contributed by atoms with Gasteiger partial charge in [-0.05, 0) is 24.4 Å². The van der Waals surface area contributed by atoms with Crippen LogP contribution in [0.1, 0.15) is 63.7 Å². The molecule has 17 heavy (non-hydrogen) atoms. The number of nitrogens with zero attached hydrogens (tertiary/aromatic N) is 1. The lowest BCUT2D eigenvalue weighted by atomic mass is 9.85. The van der Waals surface area contributed by atoms with E-state index in [0.29, 0.717) is 5.69 Å². The van der Waals surface area contributed by atoms with E-state index in [1.165, 1.54) is 0 Å². The predicted molar refractivity (Wildman–Crippen MR) is 61.9 cm³/mol. The van der Waals surface area contributed by atoms with Crippen LogP contribution in [0.4, 0.5) is 0 Å². The van der Waals surface area contributed by atoms with E-state index < -0.39 is 11.9 Å². The molecule has 92 valence electrons. The Bertz CT molecular complexity index is 448. The largest absolute Gasteiger partial charge is 0.478 e. The van der Waals surface area contributed by atoms with Gasteiger partial charge in [-0.15, -0.1) is 0 Å². The molecular formula is C11H13NO4S. The molecule has 0 radical (unpaired) electrons. The Kier molecular flexibility index (Phi) is 3.42. The van der Waals surface area contributed by atoms with Gasteiger partial charge in [-0.3, -0.25) is 0 Å². The first-order chi connectivity index (χ1) is 8.11. The number of carboxylic acid groups (broad SMARTS) is 2. The van der Waals surface area contributed by atoms with E-state index in [-0.39, 0.29) is 16.4 Å². The molecule has 0 bridgehead atoms. The summed E-state index contributed by atoms with van der Waals surface area (Å²) in [5.74, 6) is -2.28. The molecule has 1 aliphatic carbocycles.